The molecule has 0 bridgehead atoms. The zero-order valence-electron chi connectivity index (χ0n) is 13.2. The minimum Gasteiger partial charge on any atom is -0.371 e. The van der Waals surface area contributed by atoms with Crippen LogP contribution in [0, 0.1) is 6.92 Å². The van der Waals surface area contributed by atoms with Gasteiger partial charge in [0.2, 0.25) is 11.0 Å². The molecule has 1 saturated heterocycles. The van der Waals surface area contributed by atoms with E-state index in [2.05, 4.69) is 20.5 Å². The molecule has 4 rings (SSSR count). The first-order valence-corrected chi connectivity index (χ1v) is 8.68. The lowest BCUT2D eigenvalue weighted by molar-refractivity contribution is -0.115. The van der Waals surface area contributed by atoms with Crippen LogP contribution in [0.3, 0.4) is 0 Å². The smallest absolute Gasteiger partial charge is 0.232 e. The van der Waals surface area contributed by atoms with E-state index in [-0.39, 0.29) is 18.4 Å². The number of hydrogen-bond acceptors (Lipinski definition) is 6. The zero-order valence-corrected chi connectivity index (χ0v) is 14.0. The molecule has 0 spiro atoms. The molecule has 3 aromatic rings. The van der Waals surface area contributed by atoms with Gasteiger partial charge in [-0.25, -0.2) is 4.98 Å². The Kier molecular flexibility index (Phi) is 3.99. The number of hydrogen-bond donors (Lipinski definition) is 1. The van der Waals surface area contributed by atoms with Gasteiger partial charge in [0, 0.05) is 19.0 Å². The van der Waals surface area contributed by atoms with Crippen molar-refractivity contribution >= 4 is 28.0 Å². The van der Waals surface area contributed by atoms with E-state index in [1.54, 1.807) is 0 Å². The Morgan fingerprint density at radius 1 is 1.50 bits per heavy atom. The van der Waals surface area contributed by atoms with Crippen LogP contribution in [-0.2, 0) is 16.0 Å². The molecule has 7 nitrogen and oxygen atoms in total. The summed E-state index contributed by atoms with van der Waals surface area (Å²) in [5, 5.41) is 12.3. The Hall–Kier alpha value is -2.32. The Morgan fingerprint density at radius 2 is 2.42 bits per heavy atom. The second-order valence-corrected chi connectivity index (χ2v) is 6.88. The normalized spacial score (nSPS) is 17.5. The quantitative estimate of drug-likeness (QED) is 0.787. The highest BCUT2D eigenvalue weighted by atomic mass is 32.1. The molecule has 124 valence electrons. The molecule has 0 aliphatic carbocycles. The maximum atomic E-state index is 12.2. The van der Waals surface area contributed by atoms with Crippen molar-refractivity contribution in [2.75, 3.05) is 11.9 Å². The summed E-state index contributed by atoms with van der Waals surface area (Å²) in [5.74, 6) is -0.148. The average molecular weight is 343 g/mol. The van der Waals surface area contributed by atoms with Crippen LogP contribution in [0.15, 0.2) is 24.5 Å². The average Bonchev–Trinajstić information content (AvgIpc) is 3.25. The van der Waals surface area contributed by atoms with E-state index in [1.165, 1.54) is 11.3 Å². The Balaban J connectivity index is 1.42. The number of amides is 1. The molecule has 24 heavy (non-hydrogen) atoms. The van der Waals surface area contributed by atoms with Gasteiger partial charge in [0.1, 0.15) is 16.8 Å². The predicted molar refractivity (Wildman–Crippen MR) is 90.1 cm³/mol. The van der Waals surface area contributed by atoms with Crippen LogP contribution in [0.1, 0.15) is 35.2 Å². The third-order valence-electron chi connectivity index (χ3n) is 3.90. The van der Waals surface area contributed by atoms with Gasteiger partial charge < -0.3 is 14.5 Å². The van der Waals surface area contributed by atoms with Gasteiger partial charge in [-0.1, -0.05) is 11.3 Å². The molecule has 4 heterocycles. The number of aromatic nitrogens is 4. The molecule has 0 aromatic carbocycles. The third kappa shape index (κ3) is 3.15. The van der Waals surface area contributed by atoms with Crippen LogP contribution in [0.2, 0.25) is 0 Å². The van der Waals surface area contributed by atoms with Crippen molar-refractivity contribution in [3.05, 3.63) is 40.8 Å². The van der Waals surface area contributed by atoms with Crippen molar-refractivity contribution in [1.82, 2.24) is 19.6 Å². The number of nitrogens with one attached hydrogen (secondary N) is 1. The number of nitrogens with zero attached hydrogens (tertiary/aromatic N) is 4. The lowest BCUT2D eigenvalue weighted by Crippen LogP contribution is -2.14. The van der Waals surface area contributed by atoms with Gasteiger partial charge >= 0.3 is 0 Å². The second-order valence-electron chi connectivity index (χ2n) is 5.87. The lowest BCUT2D eigenvalue weighted by Gasteiger charge is -2.02. The van der Waals surface area contributed by atoms with Crippen LogP contribution in [0.4, 0.5) is 5.13 Å². The van der Waals surface area contributed by atoms with Crippen molar-refractivity contribution in [2.45, 2.75) is 32.3 Å². The Bertz CT molecular complexity index is 882. The summed E-state index contributed by atoms with van der Waals surface area (Å²) in [5.41, 5.74) is 2.70. The predicted octanol–water partition coefficient (Wildman–Crippen LogP) is 2.53. The molecule has 1 amide bonds. The number of imidazole rings is 1. The van der Waals surface area contributed by atoms with Crippen molar-refractivity contribution in [3.8, 4) is 0 Å². The highest BCUT2D eigenvalue weighted by molar-refractivity contribution is 7.15. The maximum absolute atomic E-state index is 12.2. The van der Waals surface area contributed by atoms with Gasteiger partial charge in [0.25, 0.3) is 0 Å². The minimum atomic E-state index is -0.148. The number of carbonyl (C=O) groups excluding carboxylic acids is 1. The standard InChI is InChI=1S/C16H17N5O2S/c1-10-4-5-21-9-11(17-13(21)7-10)8-14(22)18-16-20-19-15(24-16)12-3-2-6-23-12/h4-5,7,9,12H,2-3,6,8H2,1H3,(H,18,20,22). The minimum absolute atomic E-state index is 0.0230. The zero-order chi connectivity index (χ0) is 16.5. The second kappa shape index (κ2) is 6.29. The number of anilines is 1. The van der Waals surface area contributed by atoms with Gasteiger partial charge in [-0.3, -0.25) is 4.79 Å². The van der Waals surface area contributed by atoms with Gasteiger partial charge in [-0.2, -0.15) is 0 Å². The summed E-state index contributed by atoms with van der Waals surface area (Å²) in [6.45, 7) is 2.78. The van der Waals surface area contributed by atoms with E-state index in [1.807, 2.05) is 35.9 Å². The fraction of sp³-hybridized carbons (Fsp3) is 0.375. The summed E-state index contributed by atoms with van der Waals surface area (Å²) in [6.07, 6.45) is 6.04. The topological polar surface area (TPSA) is 81.4 Å². The van der Waals surface area contributed by atoms with Gasteiger partial charge in [0.05, 0.1) is 12.1 Å². The number of rotatable bonds is 4. The van der Waals surface area contributed by atoms with Gasteiger partial charge in [-0.15, -0.1) is 10.2 Å². The van der Waals surface area contributed by atoms with E-state index in [9.17, 15) is 4.79 Å². The molecule has 1 N–H and O–H groups in total. The van der Waals surface area contributed by atoms with Crippen LogP contribution in [0.5, 0.6) is 0 Å². The summed E-state index contributed by atoms with van der Waals surface area (Å²) in [6, 6.07) is 3.99. The van der Waals surface area contributed by atoms with Gasteiger partial charge in [-0.05, 0) is 37.5 Å². The molecular formula is C16H17N5O2S. The van der Waals surface area contributed by atoms with Crippen molar-refractivity contribution in [1.29, 1.82) is 0 Å². The lowest BCUT2D eigenvalue weighted by atomic mass is 10.2. The number of pyridine rings is 1. The highest BCUT2D eigenvalue weighted by Gasteiger charge is 2.22. The molecule has 0 radical (unpaired) electrons. The fourth-order valence-electron chi connectivity index (χ4n) is 2.74. The fourth-order valence-corrected chi connectivity index (χ4v) is 3.58. The molecule has 1 unspecified atom stereocenters. The largest absolute Gasteiger partial charge is 0.371 e. The first kappa shape index (κ1) is 15.2. The number of fused-ring (bicyclic) bond motifs is 1. The summed E-state index contributed by atoms with van der Waals surface area (Å²) in [7, 11) is 0. The molecule has 1 atom stereocenters. The Morgan fingerprint density at radius 3 is 3.25 bits per heavy atom. The molecule has 8 heteroatoms. The molecule has 0 saturated carbocycles. The first-order chi connectivity index (χ1) is 11.7. The highest BCUT2D eigenvalue weighted by Crippen LogP contribution is 2.31. The third-order valence-corrected chi connectivity index (χ3v) is 4.83. The number of ether oxygens (including phenoxy) is 1. The maximum Gasteiger partial charge on any atom is 0.232 e. The van der Waals surface area contributed by atoms with E-state index < -0.39 is 0 Å². The van der Waals surface area contributed by atoms with E-state index in [0.717, 1.165) is 41.4 Å². The van der Waals surface area contributed by atoms with Crippen molar-refractivity contribution in [2.24, 2.45) is 0 Å². The Labute approximate surface area is 142 Å². The summed E-state index contributed by atoms with van der Waals surface area (Å²) >= 11 is 1.37. The van der Waals surface area contributed by atoms with E-state index >= 15 is 0 Å². The number of aryl methyl sites for hydroxylation is 1. The molecule has 1 aliphatic rings. The molecular weight excluding hydrogens is 326 g/mol. The van der Waals surface area contributed by atoms with Crippen molar-refractivity contribution < 1.29 is 9.53 Å². The first-order valence-electron chi connectivity index (χ1n) is 7.86. The monoisotopic (exact) mass is 343 g/mol. The van der Waals surface area contributed by atoms with Crippen LogP contribution < -0.4 is 5.32 Å². The van der Waals surface area contributed by atoms with Crippen LogP contribution in [-0.4, -0.2) is 32.1 Å². The molecule has 1 aliphatic heterocycles. The van der Waals surface area contributed by atoms with Crippen LogP contribution in [0.25, 0.3) is 5.65 Å². The molecule has 3 aromatic heterocycles. The summed E-state index contributed by atoms with van der Waals surface area (Å²) in [4.78, 5) is 16.7. The van der Waals surface area contributed by atoms with Crippen molar-refractivity contribution in [3.63, 3.8) is 0 Å². The van der Waals surface area contributed by atoms with E-state index in [0.29, 0.717) is 5.13 Å². The van der Waals surface area contributed by atoms with E-state index in [4.69, 9.17) is 4.74 Å². The SMILES string of the molecule is Cc1ccn2cc(CC(=O)Nc3nnc(C4CCCO4)s3)nc2c1. The van der Waals surface area contributed by atoms with Crippen LogP contribution >= 0.6 is 11.3 Å². The molecule has 1 fully saturated rings. The number of carbonyl (C=O) groups is 1. The van der Waals surface area contributed by atoms with Gasteiger partial charge in [0.15, 0.2) is 0 Å². The summed E-state index contributed by atoms with van der Waals surface area (Å²) < 4.78 is 7.49.